The summed E-state index contributed by atoms with van der Waals surface area (Å²) in [5.41, 5.74) is 3.83. The molecule has 3 rings (SSSR count). The van der Waals surface area contributed by atoms with Gasteiger partial charge in [-0.05, 0) is 49.9 Å². The lowest BCUT2D eigenvalue weighted by molar-refractivity contribution is -0.127. The first kappa shape index (κ1) is 14.8. The number of hydrogen-bond donors (Lipinski definition) is 2. The van der Waals surface area contributed by atoms with Gasteiger partial charge in [0.15, 0.2) is 0 Å². The molecule has 1 heterocycles. The van der Waals surface area contributed by atoms with Gasteiger partial charge in [0.1, 0.15) is 0 Å². The summed E-state index contributed by atoms with van der Waals surface area (Å²) < 4.78 is 6.26. The monoisotopic (exact) mass is 280 g/mol. The van der Waals surface area contributed by atoms with Gasteiger partial charge in [-0.1, -0.05) is 39.0 Å². The SMILES string of the molecule is CC1(C(NN)C2CCOC3(CCCCC3)C2)CCCC1. The highest BCUT2D eigenvalue weighted by Crippen LogP contribution is 2.48. The van der Waals surface area contributed by atoms with Crippen molar-refractivity contribution >= 4 is 0 Å². The Morgan fingerprint density at radius 2 is 1.70 bits per heavy atom. The maximum Gasteiger partial charge on any atom is 0.0685 e. The molecule has 0 aromatic rings. The molecule has 20 heavy (non-hydrogen) atoms. The molecule has 2 aliphatic carbocycles. The number of nitrogens with two attached hydrogens (primary N) is 1. The fraction of sp³-hybridized carbons (Fsp3) is 1.00. The van der Waals surface area contributed by atoms with Crippen LogP contribution in [0.4, 0.5) is 0 Å². The second kappa shape index (κ2) is 5.94. The van der Waals surface area contributed by atoms with Crippen molar-refractivity contribution in [1.29, 1.82) is 0 Å². The molecule has 3 fully saturated rings. The average molecular weight is 280 g/mol. The van der Waals surface area contributed by atoms with Gasteiger partial charge in [-0.3, -0.25) is 11.3 Å². The Labute approximate surface area is 124 Å². The van der Waals surface area contributed by atoms with Gasteiger partial charge in [0, 0.05) is 12.6 Å². The standard InChI is InChI=1S/C17H32N2O/c1-16(8-5-6-9-16)15(19-18)14-7-12-20-17(13-14)10-3-2-4-11-17/h14-15,19H,2-13,18H2,1H3. The molecular weight excluding hydrogens is 248 g/mol. The summed E-state index contributed by atoms with van der Waals surface area (Å²) in [6.45, 7) is 3.40. The molecule has 3 aliphatic rings. The molecule has 2 unspecified atom stereocenters. The van der Waals surface area contributed by atoms with Crippen molar-refractivity contribution in [2.75, 3.05) is 6.61 Å². The average Bonchev–Trinajstić information content (AvgIpc) is 2.88. The summed E-state index contributed by atoms with van der Waals surface area (Å²) in [7, 11) is 0. The molecule has 3 N–H and O–H groups in total. The number of hydrazine groups is 1. The van der Waals surface area contributed by atoms with E-state index in [2.05, 4.69) is 12.3 Å². The van der Waals surface area contributed by atoms with Gasteiger partial charge >= 0.3 is 0 Å². The van der Waals surface area contributed by atoms with E-state index in [1.807, 2.05) is 0 Å². The van der Waals surface area contributed by atoms with E-state index >= 15 is 0 Å². The van der Waals surface area contributed by atoms with Gasteiger partial charge in [-0.2, -0.15) is 0 Å². The minimum absolute atomic E-state index is 0.200. The number of ether oxygens (including phenoxy) is 1. The van der Waals surface area contributed by atoms with Gasteiger partial charge in [-0.25, -0.2) is 0 Å². The van der Waals surface area contributed by atoms with Crippen molar-refractivity contribution in [2.24, 2.45) is 17.2 Å². The van der Waals surface area contributed by atoms with Crippen LogP contribution in [0, 0.1) is 11.3 Å². The highest BCUT2D eigenvalue weighted by atomic mass is 16.5. The topological polar surface area (TPSA) is 47.3 Å². The normalized spacial score (nSPS) is 34.2. The third-order valence-corrected chi connectivity index (χ3v) is 6.44. The number of nitrogens with one attached hydrogen (secondary N) is 1. The Balaban J connectivity index is 1.71. The van der Waals surface area contributed by atoms with Crippen molar-refractivity contribution in [3.63, 3.8) is 0 Å². The van der Waals surface area contributed by atoms with Crippen LogP contribution >= 0.6 is 0 Å². The largest absolute Gasteiger partial charge is 0.375 e. The predicted octanol–water partition coefficient (Wildman–Crippen LogP) is 3.53. The molecule has 116 valence electrons. The van der Waals surface area contributed by atoms with E-state index in [0.29, 0.717) is 17.4 Å². The predicted molar refractivity (Wildman–Crippen MR) is 82.2 cm³/mol. The molecule has 3 heteroatoms. The minimum Gasteiger partial charge on any atom is -0.375 e. The van der Waals surface area contributed by atoms with Crippen LogP contribution in [0.3, 0.4) is 0 Å². The highest BCUT2D eigenvalue weighted by Gasteiger charge is 2.46. The summed E-state index contributed by atoms with van der Waals surface area (Å²) >= 11 is 0. The molecule has 0 aromatic heterocycles. The van der Waals surface area contributed by atoms with Crippen molar-refractivity contribution < 1.29 is 4.74 Å². The van der Waals surface area contributed by atoms with E-state index in [1.54, 1.807) is 0 Å². The summed E-state index contributed by atoms with van der Waals surface area (Å²) in [6.07, 6.45) is 14.5. The zero-order chi connectivity index (χ0) is 14.1. The van der Waals surface area contributed by atoms with Gasteiger partial charge < -0.3 is 4.74 Å². The lowest BCUT2D eigenvalue weighted by Crippen LogP contribution is -2.55. The lowest BCUT2D eigenvalue weighted by Gasteiger charge is -2.48. The van der Waals surface area contributed by atoms with Gasteiger partial charge in [0.25, 0.3) is 0 Å². The first-order chi connectivity index (χ1) is 9.68. The van der Waals surface area contributed by atoms with Crippen molar-refractivity contribution in [3.05, 3.63) is 0 Å². The van der Waals surface area contributed by atoms with Crippen LogP contribution in [-0.4, -0.2) is 18.2 Å². The summed E-state index contributed by atoms with van der Waals surface area (Å²) in [5.74, 6) is 6.70. The van der Waals surface area contributed by atoms with Crippen LogP contribution in [0.2, 0.25) is 0 Å². The Morgan fingerprint density at radius 1 is 1.05 bits per heavy atom. The van der Waals surface area contributed by atoms with Crippen LogP contribution < -0.4 is 11.3 Å². The Morgan fingerprint density at radius 3 is 2.35 bits per heavy atom. The van der Waals surface area contributed by atoms with Crippen molar-refractivity contribution in [3.8, 4) is 0 Å². The third kappa shape index (κ3) is 2.77. The van der Waals surface area contributed by atoms with Crippen LogP contribution in [0.15, 0.2) is 0 Å². The molecule has 0 bridgehead atoms. The summed E-state index contributed by atoms with van der Waals surface area (Å²) in [5, 5.41) is 0. The molecule has 1 aliphatic heterocycles. The fourth-order valence-corrected chi connectivity index (χ4v) is 5.29. The van der Waals surface area contributed by atoms with E-state index in [4.69, 9.17) is 10.6 Å². The van der Waals surface area contributed by atoms with E-state index in [0.717, 1.165) is 6.61 Å². The van der Waals surface area contributed by atoms with E-state index in [9.17, 15) is 0 Å². The maximum absolute atomic E-state index is 6.26. The van der Waals surface area contributed by atoms with Crippen molar-refractivity contribution in [1.82, 2.24) is 5.43 Å². The quantitative estimate of drug-likeness (QED) is 0.614. The van der Waals surface area contributed by atoms with Crippen molar-refractivity contribution in [2.45, 2.75) is 89.2 Å². The molecule has 1 spiro atoms. The second-order valence-corrected chi connectivity index (χ2v) is 7.85. The van der Waals surface area contributed by atoms with Crippen LogP contribution in [-0.2, 0) is 4.74 Å². The van der Waals surface area contributed by atoms with Gasteiger partial charge in [0.2, 0.25) is 0 Å². The minimum atomic E-state index is 0.200. The van der Waals surface area contributed by atoms with Crippen LogP contribution in [0.25, 0.3) is 0 Å². The molecule has 1 saturated heterocycles. The lowest BCUT2D eigenvalue weighted by atomic mass is 9.67. The van der Waals surface area contributed by atoms with Gasteiger partial charge in [0.05, 0.1) is 5.60 Å². The molecule has 2 atom stereocenters. The molecule has 0 radical (unpaired) electrons. The molecule has 0 amide bonds. The van der Waals surface area contributed by atoms with E-state index < -0.39 is 0 Å². The summed E-state index contributed by atoms with van der Waals surface area (Å²) in [4.78, 5) is 0. The smallest absolute Gasteiger partial charge is 0.0685 e. The third-order valence-electron chi connectivity index (χ3n) is 6.44. The van der Waals surface area contributed by atoms with Crippen LogP contribution in [0.1, 0.15) is 77.6 Å². The fourth-order valence-electron chi connectivity index (χ4n) is 5.29. The van der Waals surface area contributed by atoms with E-state index in [1.165, 1.54) is 70.6 Å². The number of rotatable bonds is 3. The zero-order valence-corrected chi connectivity index (χ0v) is 13.1. The maximum atomic E-state index is 6.26. The number of hydrogen-bond acceptors (Lipinski definition) is 3. The Kier molecular flexibility index (Phi) is 4.40. The molecular formula is C17H32N2O. The van der Waals surface area contributed by atoms with E-state index in [-0.39, 0.29) is 5.60 Å². The molecule has 0 aromatic carbocycles. The van der Waals surface area contributed by atoms with Crippen LogP contribution in [0.5, 0.6) is 0 Å². The molecule has 2 saturated carbocycles. The zero-order valence-electron chi connectivity index (χ0n) is 13.1. The summed E-state index contributed by atoms with van der Waals surface area (Å²) in [6, 6.07) is 0.479. The Bertz CT molecular complexity index is 313. The molecule has 3 nitrogen and oxygen atoms in total. The van der Waals surface area contributed by atoms with Gasteiger partial charge in [-0.15, -0.1) is 0 Å². The first-order valence-corrected chi connectivity index (χ1v) is 8.78. The second-order valence-electron chi connectivity index (χ2n) is 7.85. The Hall–Kier alpha value is -0.120. The first-order valence-electron chi connectivity index (χ1n) is 8.78. The highest BCUT2D eigenvalue weighted by molar-refractivity contribution is 4.99.